The Hall–Kier alpha value is -1.24. The van der Waals surface area contributed by atoms with Crippen LogP contribution in [0, 0.1) is 0 Å². The molecule has 0 aromatic heterocycles. The molecule has 1 aromatic carbocycles. The number of nitrogens with one attached hydrogen (secondary N) is 1. The fourth-order valence-corrected chi connectivity index (χ4v) is 2.71. The van der Waals surface area contributed by atoms with Crippen LogP contribution in [0.5, 0.6) is 5.75 Å². The number of aliphatic hydroxyl groups excluding tert-OH is 1. The molecule has 0 spiro atoms. The number of hydrogen-bond acceptors (Lipinski definition) is 4. The summed E-state index contributed by atoms with van der Waals surface area (Å²) in [6, 6.07) is 7.04. The number of benzene rings is 1. The molecule has 1 heterocycles. The van der Waals surface area contributed by atoms with Gasteiger partial charge in [0.1, 0.15) is 5.75 Å². The predicted molar refractivity (Wildman–Crippen MR) is 76.6 cm³/mol. The molecule has 118 valence electrons. The van der Waals surface area contributed by atoms with E-state index in [-0.39, 0.29) is 18.4 Å². The van der Waals surface area contributed by atoms with E-state index in [1.165, 1.54) is 0 Å². The van der Waals surface area contributed by atoms with E-state index in [9.17, 15) is 8.78 Å². The van der Waals surface area contributed by atoms with Gasteiger partial charge in [0, 0.05) is 38.8 Å². The molecule has 0 amide bonds. The minimum Gasteiger partial charge on any atom is -0.435 e. The first-order valence-corrected chi connectivity index (χ1v) is 7.31. The maximum atomic E-state index is 12.2. The van der Waals surface area contributed by atoms with E-state index in [0.29, 0.717) is 0 Å². The molecule has 1 atom stereocenters. The van der Waals surface area contributed by atoms with Gasteiger partial charge in [-0.15, -0.1) is 0 Å². The second-order valence-electron chi connectivity index (χ2n) is 5.12. The first kappa shape index (κ1) is 16.1. The lowest BCUT2D eigenvalue weighted by atomic mass is 9.99. The van der Waals surface area contributed by atoms with Gasteiger partial charge in [-0.3, -0.25) is 4.90 Å². The zero-order valence-corrected chi connectivity index (χ0v) is 12.0. The van der Waals surface area contributed by atoms with Gasteiger partial charge in [-0.25, -0.2) is 0 Å². The third-order valence-electron chi connectivity index (χ3n) is 3.72. The maximum absolute atomic E-state index is 12.2. The summed E-state index contributed by atoms with van der Waals surface area (Å²) in [5.74, 6) is 0.176. The minimum absolute atomic E-state index is 0.162. The summed E-state index contributed by atoms with van der Waals surface area (Å²) in [7, 11) is 0. The van der Waals surface area contributed by atoms with Gasteiger partial charge in [0.15, 0.2) is 0 Å². The van der Waals surface area contributed by atoms with Crippen LogP contribution < -0.4 is 10.1 Å². The van der Waals surface area contributed by atoms with Crippen molar-refractivity contribution >= 4 is 0 Å². The summed E-state index contributed by atoms with van der Waals surface area (Å²) < 4.78 is 28.7. The fraction of sp³-hybridized carbons (Fsp3) is 0.600. The van der Waals surface area contributed by atoms with Gasteiger partial charge in [-0.2, -0.15) is 8.78 Å². The molecule has 0 bridgehead atoms. The van der Waals surface area contributed by atoms with E-state index in [1.807, 2.05) is 12.1 Å². The van der Waals surface area contributed by atoms with Crippen molar-refractivity contribution in [1.29, 1.82) is 0 Å². The van der Waals surface area contributed by atoms with Gasteiger partial charge in [0.25, 0.3) is 0 Å². The zero-order valence-electron chi connectivity index (χ0n) is 12.0. The van der Waals surface area contributed by atoms with E-state index >= 15 is 0 Å². The smallest absolute Gasteiger partial charge is 0.387 e. The predicted octanol–water partition coefficient (Wildman–Crippen LogP) is 2.01. The molecular weight excluding hydrogens is 278 g/mol. The van der Waals surface area contributed by atoms with Gasteiger partial charge in [-0.05, 0) is 30.5 Å². The average Bonchev–Trinajstić information content (AvgIpc) is 2.50. The average molecular weight is 300 g/mol. The van der Waals surface area contributed by atoms with Crippen molar-refractivity contribution in [1.82, 2.24) is 10.2 Å². The van der Waals surface area contributed by atoms with Crippen molar-refractivity contribution in [2.45, 2.75) is 25.5 Å². The summed E-state index contributed by atoms with van der Waals surface area (Å²) in [6.45, 7) is 1.16. The minimum atomic E-state index is -2.80. The second kappa shape index (κ2) is 8.26. The normalized spacial score (nSPS) is 17.9. The summed E-state index contributed by atoms with van der Waals surface area (Å²) >= 11 is 0. The SMILES string of the molecule is OCCC[C@@H](c1ccc(OC(F)F)cc1)N1CCNCC1. The van der Waals surface area contributed by atoms with Gasteiger partial charge in [0.2, 0.25) is 0 Å². The number of piperazine rings is 1. The Labute approximate surface area is 123 Å². The second-order valence-corrected chi connectivity index (χ2v) is 5.12. The summed E-state index contributed by atoms with van der Waals surface area (Å²) in [5.41, 5.74) is 1.08. The van der Waals surface area contributed by atoms with Crippen LogP contribution in [-0.4, -0.2) is 49.4 Å². The van der Waals surface area contributed by atoms with Crippen molar-refractivity contribution in [2.75, 3.05) is 32.8 Å². The van der Waals surface area contributed by atoms with Crippen LogP contribution in [-0.2, 0) is 0 Å². The Morgan fingerprint density at radius 1 is 1.19 bits per heavy atom. The monoisotopic (exact) mass is 300 g/mol. The van der Waals surface area contributed by atoms with Crippen LogP contribution in [0.25, 0.3) is 0 Å². The number of ether oxygens (including phenoxy) is 1. The van der Waals surface area contributed by atoms with E-state index in [2.05, 4.69) is 15.0 Å². The number of hydrogen-bond donors (Lipinski definition) is 2. The fourth-order valence-electron chi connectivity index (χ4n) is 2.71. The molecule has 1 fully saturated rings. The van der Waals surface area contributed by atoms with Crippen molar-refractivity contribution < 1.29 is 18.6 Å². The molecule has 0 radical (unpaired) electrons. The first-order valence-electron chi connectivity index (χ1n) is 7.31. The molecule has 1 aliphatic heterocycles. The van der Waals surface area contributed by atoms with Crippen molar-refractivity contribution in [2.24, 2.45) is 0 Å². The lowest BCUT2D eigenvalue weighted by Crippen LogP contribution is -2.45. The van der Waals surface area contributed by atoms with Crippen molar-refractivity contribution in [3.05, 3.63) is 29.8 Å². The topological polar surface area (TPSA) is 44.7 Å². The molecule has 6 heteroatoms. The van der Waals surface area contributed by atoms with E-state index in [1.54, 1.807) is 12.1 Å². The van der Waals surface area contributed by atoms with E-state index < -0.39 is 6.61 Å². The maximum Gasteiger partial charge on any atom is 0.387 e. The number of alkyl halides is 2. The Kier molecular flexibility index (Phi) is 6.35. The highest BCUT2D eigenvalue weighted by Crippen LogP contribution is 2.28. The van der Waals surface area contributed by atoms with E-state index in [4.69, 9.17) is 5.11 Å². The molecule has 4 nitrogen and oxygen atoms in total. The summed E-state index contributed by atoms with van der Waals surface area (Å²) in [5, 5.41) is 12.4. The van der Waals surface area contributed by atoms with Gasteiger partial charge >= 0.3 is 6.61 Å². The lowest BCUT2D eigenvalue weighted by Gasteiger charge is -2.35. The highest BCUT2D eigenvalue weighted by molar-refractivity contribution is 5.29. The highest BCUT2D eigenvalue weighted by atomic mass is 19.3. The molecule has 1 saturated heterocycles. The molecule has 2 N–H and O–H groups in total. The molecule has 2 rings (SSSR count). The number of nitrogens with zero attached hydrogens (tertiary/aromatic N) is 1. The van der Waals surface area contributed by atoms with Crippen molar-refractivity contribution in [3.63, 3.8) is 0 Å². The number of halogens is 2. The number of rotatable bonds is 7. The van der Waals surface area contributed by atoms with Crippen LogP contribution in [0.4, 0.5) is 8.78 Å². The van der Waals surface area contributed by atoms with Gasteiger partial charge in [0.05, 0.1) is 0 Å². The van der Waals surface area contributed by atoms with Gasteiger partial charge in [-0.1, -0.05) is 12.1 Å². The van der Waals surface area contributed by atoms with Crippen LogP contribution in [0.15, 0.2) is 24.3 Å². The molecule has 1 aliphatic rings. The Morgan fingerprint density at radius 3 is 2.43 bits per heavy atom. The third-order valence-corrected chi connectivity index (χ3v) is 3.72. The molecule has 1 aromatic rings. The van der Waals surface area contributed by atoms with Crippen LogP contribution >= 0.6 is 0 Å². The third kappa shape index (κ3) is 4.91. The quantitative estimate of drug-likeness (QED) is 0.808. The molecule has 0 aliphatic carbocycles. The lowest BCUT2D eigenvalue weighted by molar-refractivity contribution is -0.0498. The Bertz CT molecular complexity index is 409. The van der Waals surface area contributed by atoms with Crippen LogP contribution in [0.3, 0.4) is 0 Å². The molecule has 0 unspecified atom stereocenters. The number of aliphatic hydroxyl groups is 1. The van der Waals surface area contributed by atoms with Crippen LogP contribution in [0.1, 0.15) is 24.4 Å². The van der Waals surface area contributed by atoms with Gasteiger partial charge < -0.3 is 15.2 Å². The largest absolute Gasteiger partial charge is 0.435 e. The van der Waals surface area contributed by atoms with Crippen molar-refractivity contribution in [3.8, 4) is 5.75 Å². The Balaban J connectivity index is 2.07. The molecule has 21 heavy (non-hydrogen) atoms. The Morgan fingerprint density at radius 2 is 1.86 bits per heavy atom. The summed E-state index contributed by atoms with van der Waals surface area (Å²) in [6.07, 6.45) is 1.58. The molecular formula is C15H22F2N2O2. The first-order chi connectivity index (χ1) is 10.2. The standard InChI is InChI=1S/C15H22F2N2O2/c16-15(17)21-13-5-3-12(4-6-13)14(2-1-11-20)19-9-7-18-8-10-19/h3-6,14-15,18,20H,1-2,7-11H2/t14-/m0/s1. The summed E-state index contributed by atoms with van der Waals surface area (Å²) in [4.78, 5) is 2.37. The molecule has 0 saturated carbocycles. The zero-order chi connectivity index (χ0) is 15.1. The van der Waals surface area contributed by atoms with Crippen LogP contribution in [0.2, 0.25) is 0 Å². The van der Waals surface area contributed by atoms with E-state index in [0.717, 1.165) is 44.6 Å². The highest BCUT2D eigenvalue weighted by Gasteiger charge is 2.21.